The van der Waals surface area contributed by atoms with Crippen molar-refractivity contribution in [2.24, 2.45) is 56.2 Å². The lowest BCUT2D eigenvalue weighted by Crippen LogP contribution is -2.71. The van der Waals surface area contributed by atoms with Crippen LogP contribution in [0.4, 0.5) is 0 Å². The number of ether oxygens (including phenoxy) is 6. The van der Waals surface area contributed by atoms with Crippen molar-refractivity contribution in [1.29, 1.82) is 0 Å². The molecule has 20 nitrogen and oxygen atoms in total. The van der Waals surface area contributed by atoms with Gasteiger partial charge in [0.15, 0.2) is 18.7 Å². The molecule has 0 spiro atoms. The molecule has 5 aliphatic carbocycles. The highest BCUT2D eigenvalue weighted by molar-refractivity contribution is 5.73. The molecule has 0 unspecified atom stereocenters. The minimum absolute atomic E-state index is 0.000292. The van der Waals surface area contributed by atoms with E-state index in [1.807, 2.05) is 6.92 Å². The van der Waals surface area contributed by atoms with Crippen LogP contribution in [0.3, 0.4) is 0 Å². The lowest BCUT2D eigenvalue weighted by atomic mass is 9.31. The fourth-order valence-electron chi connectivity index (χ4n) is 16.2. The van der Waals surface area contributed by atoms with E-state index >= 15 is 0 Å². The molecular formula is C49H80O20. The van der Waals surface area contributed by atoms with Crippen molar-refractivity contribution in [2.75, 3.05) is 13.2 Å². The van der Waals surface area contributed by atoms with Crippen molar-refractivity contribution in [3.63, 3.8) is 0 Å². The van der Waals surface area contributed by atoms with Crippen LogP contribution in [0.5, 0.6) is 0 Å². The second-order valence-electron chi connectivity index (χ2n) is 24.4. The fourth-order valence-corrected chi connectivity index (χ4v) is 16.2. The molecule has 8 aliphatic rings. The molecule has 3 aliphatic heterocycles. The van der Waals surface area contributed by atoms with Crippen LogP contribution < -0.4 is 0 Å². The van der Waals surface area contributed by atoms with E-state index < -0.39 is 146 Å². The van der Waals surface area contributed by atoms with Gasteiger partial charge in [-0.25, -0.2) is 4.79 Å². The van der Waals surface area contributed by atoms with Gasteiger partial charge in [0, 0.05) is 5.41 Å². The number of hydrogen-bond acceptors (Lipinski definition) is 19. The first-order valence-corrected chi connectivity index (χ1v) is 25.2. The van der Waals surface area contributed by atoms with E-state index in [0.717, 1.165) is 51.4 Å². The van der Waals surface area contributed by atoms with Crippen molar-refractivity contribution in [1.82, 2.24) is 0 Å². The molecule has 12 N–H and O–H groups in total. The number of carbonyl (C=O) groups is 2. The molecule has 0 aromatic rings. The Hall–Kier alpha value is -1.70. The van der Waals surface area contributed by atoms with Crippen LogP contribution in [-0.4, -0.2) is 191 Å². The van der Waals surface area contributed by atoms with Crippen molar-refractivity contribution >= 4 is 11.9 Å². The van der Waals surface area contributed by atoms with Gasteiger partial charge >= 0.3 is 11.9 Å². The second-order valence-corrected chi connectivity index (χ2v) is 24.4. The van der Waals surface area contributed by atoms with Crippen molar-refractivity contribution in [3.8, 4) is 0 Å². The molecule has 8 fully saturated rings. The van der Waals surface area contributed by atoms with Crippen molar-refractivity contribution in [3.05, 3.63) is 0 Å². The number of aliphatic hydroxyl groups is 11. The predicted molar refractivity (Wildman–Crippen MR) is 237 cm³/mol. The smallest absolute Gasteiger partial charge is 0.335 e. The molecule has 0 amide bonds. The fraction of sp³-hybridized carbons (Fsp3) is 0.959. The van der Waals surface area contributed by atoms with E-state index in [9.17, 15) is 70.9 Å². The Bertz CT molecular complexity index is 1870. The van der Waals surface area contributed by atoms with Gasteiger partial charge < -0.3 is 89.7 Å². The number of aliphatic hydroxyl groups excluding tert-OH is 11. The summed E-state index contributed by atoms with van der Waals surface area (Å²) in [5.74, 6) is -2.00. The van der Waals surface area contributed by atoms with Crippen LogP contribution in [0, 0.1) is 56.2 Å². The maximum absolute atomic E-state index is 14.0. The molecule has 0 aromatic carbocycles. The zero-order valence-corrected chi connectivity index (χ0v) is 40.9. The van der Waals surface area contributed by atoms with Gasteiger partial charge in [0.1, 0.15) is 61.0 Å². The third-order valence-electron chi connectivity index (χ3n) is 20.2. The summed E-state index contributed by atoms with van der Waals surface area (Å²) >= 11 is 0. The van der Waals surface area contributed by atoms with Gasteiger partial charge in [0.25, 0.3) is 0 Å². The summed E-state index contributed by atoms with van der Waals surface area (Å²) < 4.78 is 34.7. The topological polar surface area (TPSA) is 332 Å². The largest absolute Gasteiger partial charge is 0.479 e. The van der Waals surface area contributed by atoms with Gasteiger partial charge in [-0.2, -0.15) is 0 Å². The lowest BCUT2D eigenvalue weighted by molar-refractivity contribution is -0.370. The first-order valence-electron chi connectivity index (χ1n) is 25.2. The average Bonchev–Trinajstić information content (AvgIpc) is 3.28. The number of aliphatic carboxylic acids is 1. The molecule has 3 saturated heterocycles. The predicted octanol–water partition coefficient (Wildman–Crippen LogP) is -0.326. The Morgan fingerprint density at radius 1 is 0.609 bits per heavy atom. The minimum atomic E-state index is -2.02. The third-order valence-corrected chi connectivity index (χ3v) is 20.2. The summed E-state index contributed by atoms with van der Waals surface area (Å²) in [6, 6.07) is 0. The van der Waals surface area contributed by atoms with E-state index in [4.69, 9.17) is 28.4 Å². The molecule has 69 heavy (non-hydrogen) atoms. The zero-order valence-electron chi connectivity index (χ0n) is 40.9. The van der Waals surface area contributed by atoms with Crippen LogP contribution in [0.1, 0.15) is 119 Å². The van der Waals surface area contributed by atoms with Crippen molar-refractivity contribution in [2.45, 2.75) is 223 Å². The van der Waals surface area contributed by atoms with Gasteiger partial charge in [-0.1, -0.05) is 41.5 Å². The van der Waals surface area contributed by atoms with Gasteiger partial charge in [-0.05, 0) is 122 Å². The van der Waals surface area contributed by atoms with Crippen molar-refractivity contribution < 1.29 is 99.3 Å². The molecule has 20 heteroatoms. The van der Waals surface area contributed by atoms with Gasteiger partial charge in [-0.15, -0.1) is 0 Å². The summed E-state index contributed by atoms with van der Waals surface area (Å²) in [4.78, 5) is 26.4. The number of carboxylic acids is 1. The van der Waals surface area contributed by atoms with E-state index in [1.54, 1.807) is 0 Å². The summed E-state index contributed by atoms with van der Waals surface area (Å²) in [6.45, 7) is 13.7. The highest BCUT2D eigenvalue weighted by Crippen LogP contribution is 2.77. The van der Waals surface area contributed by atoms with E-state index in [2.05, 4.69) is 34.6 Å². The Kier molecular flexibility index (Phi) is 14.7. The highest BCUT2D eigenvalue weighted by atomic mass is 16.7. The van der Waals surface area contributed by atoms with Crippen LogP contribution >= 0.6 is 0 Å². The van der Waals surface area contributed by atoms with E-state index in [1.165, 1.54) is 6.92 Å². The monoisotopic (exact) mass is 989 g/mol. The first-order chi connectivity index (χ1) is 32.1. The molecule has 0 radical (unpaired) electrons. The SMILES string of the molecule is C[C@@H]1O[C@@H](O[C@@H]2[C@@H](O)[C@H](O[C@H]3[C@@H](O)C[C@@]4(C)[C@@H](CC[C@]5(C)[C@@H]4CC[C@@H]4[C@@H]6CC(C)(C)CC[C@]6(CC(=O)O[C@@H]6O[C@H](CO)[C@@H](O)[C@H](O)[C@H]6O)CC[C@]45C)[C@]3(C)CO)O[C@H](C(=O)O)[C@H]2O)[C@H](O)[C@H](O)[C@H]1O. The first kappa shape index (κ1) is 53.6. The minimum Gasteiger partial charge on any atom is -0.479 e. The molecule has 0 bridgehead atoms. The lowest BCUT2D eigenvalue weighted by Gasteiger charge is -2.74. The number of hydrogen-bond donors (Lipinski definition) is 12. The third kappa shape index (κ3) is 8.62. The maximum atomic E-state index is 14.0. The Morgan fingerprint density at radius 3 is 1.90 bits per heavy atom. The number of carbonyl (C=O) groups excluding carboxylic acids is 1. The van der Waals surface area contributed by atoms with Gasteiger partial charge in [-0.3, -0.25) is 4.79 Å². The molecule has 396 valence electrons. The maximum Gasteiger partial charge on any atom is 0.335 e. The average molecular weight is 989 g/mol. The van der Waals surface area contributed by atoms with E-state index in [0.29, 0.717) is 6.42 Å². The van der Waals surface area contributed by atoms with Gasteiger partial charge in [0.05, 0.1) is 37.9 Å². The Balaban J connectivity index is 1.02. The van der Waals surface area contributed by atoms with Crippen LogP contribution in [-0.2, 0) is 38.0 Å². The Labute approximate surface area is 403 Å². The summed E-state index contributed by atoms with van der Waals surface area (Å²) in [5.41, 5.74) is -2.56. The Morgan fingerprint density at radius 2 is 1.25 bits per heavy atom. The molecule has 8 rings (SSSR count). The zero-order chi connectivity index (χ0) is 50.7. The highest BCUT2D eigenvalue weighted by Gasteiger charge is 2.72. The normalized spacial score (nSPS) is 55.1. The molecular weight excluding hydrogens is 909 g/mol. The standard InChI is InChI=1S/C49H80O20/c1-21-29(54)31(56)33(58)41(64-21)67-37-35(60)38(40(62)63)68-43(36(37)61)69-39-24(52)17-45(4)26(46(39,5)20-51)10-11-48(7)27(45)9-8-22-23-16-44(2,3)12-14-49(23,15-13-47(22,48)6)18-28(53)66-42-34(59)32(57)30(55)25(19-50)65-42/h21-27,29-39,41-43,50-52,54-61H,8-20H2,1-7H3,(H,62,63)/t21-,22+,23-,24-,25+,26+,27+,29-,30+,31+,32-,33+,34+,35-,36+,37-,38-,39-,41-,42-,43-,45-,46-,47+,48+,49+/m0/s1. The van der Waals surface area contributed by atoms with E-state index in [-0.39, 0.29) is 52.8 Å². The van der Waals surface area contributed by atoms with Crippen LogP contribution in [0.25, 0.3) is 0 Å². The summed E-state index contributed by atoms with van der Waals surface area (Å²) in [5, 5.41) is 129. The number of fused-ring (bicyclic) bond motifs is 7. The molecule has 0 aromatic heterocycles. The second kappa shape index (κ2) is 18.9. The summed E-state index contributed by atoms with van der Waals surface area (Å²) in [6.07, 6.45) is -20.0. The molecule has 5 saturated carbocycles. The quantitative estimate of drug-likeness (QED) is 0.0985. The number of esters is 1. The number of carboxylic acid groups (broad SMARTS) is 1. The van der Waals surface area contributed by atoms with Crippen LogP contribution in [0.15, 0.2) is 0 Å². The number of rotatable bonds is 10. The van der Waals surface area contributed by atoms with Crippen LogP contribution in [0.2, 0.25) is 0 Å². The van der Waals surface area contributed by atoms with Gasteiger partial charge in [0.2, 0.25) is 6.29 Å². The summed E-state index contributed by atoms with van der Waals surface area (Å²) in [7, 11) is 0. The molecule has 26 atom stereocenters. The molecule has 3 heterocycles.